The van der Waals surface area contributed by atoms with Gasteiger partial charge in [-0.2, -0.15) is 0 Å². The number of nitrogens with one attached hydrogen (secondary N) is 1. The second kappa shape index (κ2) is 7.98. The molecule has 1 aliphatic heterocycles. The fourth-order valence-electron chi connectivity index (χ4n) is 5.15. The maximum absolute atomic E-state index is 12.8. The minimum Gasteiger partial charge on any atom is -0.384 e. The number of nitrogens with zero attached hydrogens (tertiary/aromatic N) is 2. The number of amides is 1. The predicted molar refractivity (Wildman–Crippen MR) is 114 cm³/mol. The number of likely N-dealkylation sites (tertiary alicyclic amines) is 1. The van der Waals surface area contributed by atoms with Crippen LogP contribution in [0.5, 0.6) is 0 Å². The summed E-state index contributed by atoms with van der Waals surface area (Å²) in [5.74, 6) is 1.12. The summed E-state index contributed by atoms with van der Waals surface area (Å²) in [4.78, 5) is 15.0. The van der Waals surface area contributed by atoms with E-state index in [2.05, 4.69) is 22.6 Å². The van der Waals surface area contributed by atoms with Crippen LogP contribution in [-0.2, 0) is 18.3 Å². The van der Waals surface area contributed by atoms with E-state index < -0.39 is 0 Å². The SMILES string of the molecule is Cn1c(CCC2CCCN2C(=O)CC2CCCC2)cc2ccc(C(=N)N)cc21. The molecule has 1 unspecified atom stereocenters. The first-order valence-corrected chi connectivity index (χ1v) is 10.7. The van der Waals surface area contributed by atoms with Gasteiger partial charge in [-0.25, -0.2) is 0 Å². The molecule has 1 atom stereocenters. The Bertz CT molecular complexity index is 878. The van der Waals surface area contributed by atoms with Gasteiger partial charge >= 0.3 is 0 Å². The molecule has 0 radical (unpaired) electrons. The standard InChI is InChI=1S/C23H32N4O/c1-26-20(14-17-8-9-18(23(24)25)15-21(17)26)11-10-19-7-4-12-27(19)22(28)13-16-5-2-3-6-16/h8-9,14-16,19H,2-7,10-13H2,1H3,(H3,24,25). The number of amidine groups is 1. The van der Waals surface area contributed by atoms with Crippen molar-refractivity contribution in [3.8, 4) is 0 Å². The molecule has 0 bridgehead atoms. The minimum atomic E-state index is 0.104. The molecule has 2 heterocycles. The lowest BCUT2D eigenvalue weighted by atomic mass is 10.0. The van der Waals surface area contributed by atoms with Crippen LogP contribution in [0.2, 0.25) is 0 Å². The monoisotopic (exact) mass is 380 g/mol. The van der Waals surface area contributed by atoms with Crippen LogP contribution in [0.4, 0.5) is 0 Å². The Kier molecular flexibility index (Phi) is 5.42. The first-order chi connectivity index (χ1) is 13.5. The number of aromatic nitrogens is 1. The molecule has 1 aromatic heterocycles. The van der Waals surface area contributed by atoms with Gasteiger partial charge in [0.2, 0.25) is 5.91 Å². The van der Waals surface area contributed by atoms with Crippen LogP contribution in [0.25, 0.3) is 10.9 Å². The van der Waals surface area contributed by atoms with E-state index in [0.29, 0.717) is 17.9 Å². The van der Waals surface area contributed by atoms with Crippen LogP contribution in [0.3, 0.4) is 0 Å². The highest BCUT2D eigenvalue weighted by Gasteiger charge is 2.30. The molecule has 3 N–H and O–H groups in total. The van der Waals surface area contributed by atoms with E-state index in [4.69, 9.17) is 11.1 Å². The van der Waals surface area contributed by atoms with Crippen molar-refractivity contribution in [2.75, 3.05) is 6.54 Å². The zero-order valence-electron chi connectivity index (χ0n) is 16.9. The molecular formula is C23H32N4O. The lowest BCUT2D eigenvalue weighted by molar-refractivity contribution is -0.133. The van der Waals surface area contributed by atoms with Crippen LogP contribution in [0, 0.1) is 11.3 Å². The number of rotatable bonds is 6. The van der Waals surface area contributed by atoms with E-state index in [0.717, 1.165) is 49.7 Å². The third-order valence-corrected chi connectivity index (χ3v) is 6.82. The van der Waals surface area contributed by atoms with Crippen molar-refractivity contribution < 1.29 is 4.79 Å². The van der Waals surface area contributed by atoms with Crippen LogP contribution in [0.1, 0.15) is 62.6 Å². The number of carbonyl (C=O) groups is 1. The zero-order valence-corrected chi connectivity index (χ0v) is 16.9. The summed E-state index contributed by atoms with van der Waals surface area (Å²) in [5, 5.41) is 8.84. The molecule has 1 aromatic carbocycles. The fourth-order valence-corrected chi connectivity index (χ4v) is 5.15. The molecule has 1 aliphatic carbocycles. The average Bonchev–Trinajstić information content (AvgIpc) is 3.41. The van der Waals surface area contributed by atoms with Crippen LogP contribution in [0.15, 0.2) is 24.3 Å². The van der Waals surface area contributed by atoms with Crippen LogP contribution < -0.4 is 5.73 Å². The fraction of sp³-hybridized carbons (Fsp3) is 0.565. The quantitative estimate of drug-likeness (QED) is 0.588. The number of carbonyl (C=O) groups excluding carboxylic acids is 1. The largest absolute Gasteiger partial charge is 0.384 e. The van der Waals surface area contributed by atoms with Gasteiger partial charge in [0, 0.05) is 42.8 Å². The highest BCUT2D eigenvalue weighted by molar-refractivity contribution is 5.98. The third-order valence-electron chi connectivity index (χ3n) is 6.82. The van der Waals surface area contributed by atoms with Gasteiger partial charge in [-0.1, -0.05) is 25.0 Å². The van der Waals surface area contributed by atoms with Gasteiger partial charge < -0.3 is 15.2 Å². The molecule has 5 heteroatoms. The molecule has 1 saturated carbocycles. The summed E-state index contributed by atoms with van der Waals surface area (Å²) in [6.07, 6.45) is 10.1. The van der Waals surface area contributed by atoms with E-state index in [1.807, 2.05) is 18.2 Å². The number of nitrogen functional groups attached to an aromatic ring is 1. The highest BCUT2D eigenvalue weighted by atomic mass is 16.2. The number of benzene rings is 1. The summed E-state index contributed by atoms with van der Waals surface area (Å²) in [5.41, 5.74) is 8.80. The molecule has 4 rings (SSSR count). The summed E-state index contributed by atoms with van der Waals surface area (Å²) >= 11 is 0. The van der Waals surface area contributed by atoms with Crippen molar-refractivity contribution >= 4 is 22.6 Å². The molecule has 2 aliphatic rings. The molecule has 2 fully saturated rings. The highest BCUT2D eigenvalue weighted by Crippen LogP contribution is 2.31. The number of hydrogen-bond acceptors (Lipinski definition) is 2. The van der Waals surface area contributed by atoms with E-state index in [1.54, 1.807) is 0 Å². The predicted octanol–water partition coefficient (Wildman–Crippen LogP) is 3.97. The Morgan fingerprint density at radius 1 is 1.18 bits per heavy atom. The van der Waals surface area contributed by atoms with E-state index >= 15 is 0 Å². The van der Waals surface area contributed by atoms with E-state index in [9.17, 15) is 4.79 Å². The lowest BCUT2D eigenvalue weighted by Crippen LogP contribution is -2.36. The van der Waals surface area contributed by atoms with Crippen molar-refractivity contribution in [1.82, 2.24) is 9.47 Å². The topological polar surface area (TPSA) is 75.1 Å². The number of aryl methyl sites for hydroxylation is 2. The maximum atomic E-state index is 12.8. The first kappa shape index (κ1) is 19.0. The molecular weight excluding hydrogens is 348 g/mol. The van der Waals surface area contributed by atoms with E-state index in [-0.39, 0.29) is 5.84 Å². The molecule has 2 aromatic rings. The Morgan fingerprint density at radius 3 is 2.71 bits per heavy atom. The van der Waals surface area contributed by atoms with Gasteiger partial charge in [-0.15, -0.1) is 0 Å². The van der Waals surface area contributed by atoms with Crippen molar-refractivity contribution in [1.29, 1.82) is 5.41 Å². The molecule has 28 heavy (non-hydrogen) atoms. The molecule has 0 spiro atoms. The van der Waals surface area contributed by atoms with Gasteiger partial charge in [-0.3, -0.25) is 10.2 Å². The summed E-state index contributed by atoms with van der Waals surface area (Å²) in [6, 6.07) is 8.57. The van der Waals surface area contributed by atoms with Crippen molar-refractivity contribution in [3.63, 3.8) is 0 Å². The van der Waals surface area contributed by atoms with Gasteiger partial charge in [-0.05, 0) is 62.0 Å². The Hall–Kier alpha value is -2.30. The normalized spacial score (nSPS) is 20.3. The molecule has 1 saturated heterocycles. The smallest absolute Gasteiger partial charge is 0.223 e. The Morgan fingerprint density at radius 2 is 1.96 bits per heavy atom. The van der Waals surface area contributed by atoms with Gasteiger partial charge in [0.25, 0.3) is 0 Å². The number of fused-ring (bicyclic) bond motifs is 1. The van der Waals surface area contributed by atoms with Gasteiger partial charge in [0.1, 0.15) is 5.84 Å². The van der Waals surface area contributed by atoms with Crippen LogP contribution in [-0.4, -0.2) is 33.8 Å². The summed E-state index contributed by atoms with van der Waals surface area (Å²) < 4.78 is 2.21. The van der Waals surface area contributed by atoms with E-state index in [1.165, 1.54) is 36.8 Å². The molecule has 1 amide bonds. The molecule has 150 valence electrons. The second-order valence-corrected chi connectivity index (χ2v) is 8.66. The van der Waals surface area contributed by atoms with Crippen LogP contribution >= 0.6 is 0 Å². The lowest BCUT2D eigenvalue weighted by Gasteiger charge is -2.26. The maximum Gasteiger partial charge on any atom is 0.223 e. The molecule has 5 nitrogen and oxygen atoms in total. The number of hydrogen-bond donors (Lipinski definition) is 2. The minimum absolute atomic E-state index is 0.104. The average molecular weight is 381 g/mol. The van der Waals surface area contributed by atoms with Gasteiger partial charge in [0.05, 0.1) is 0 Å². The zero-order chi connectivity index (χ0) is 19.7. The van der Waals surface area contributed by atoms with Crippen molar-refractivity contribution in [2.45, 2.75) is 63.8 Å². The van der Waals surface area contributed by atoms with Gasteiger partial charge in [0.15, 0.2) is 0 Å². The Labute approximate surface area is 167 Å². The second-order valence-electron chi connectivity index (χ2n) is 8.66. The van der Waals surface area contributed by atoms with Crippen molar-refractivity contribution in [2.24, 2.45) is 18.7 Å². The number of nitrogens with two attached hydrogens (primary N) is 1. The Balaban J connectivity index is 1.42. The first-order valence-electron chi connectivity index (χ1n) is 10.7. The summed E-state index contributed by atoms with van der Waals surface area (Å²) in [6.45, 7) is 0.938. The summed E-state index contributed by atoms with van der Waals surface area (Å²) in [7, 11) is 2.08. The van der Waals surface area contributed by atoms with Crippen molar-refractivity contribution in [3.05, 3.63) is 35.5 Å². The third kappa shape index (κ3) is 3.80.